The Morgan fingerprint density at radius 1 is 0.700 bits per heavy atom. The monoisotopic (exact) mass is 277 g/mol. The van der Waals surface area contributed by atoms with Crippen molar-refractivity contribution in [3.05, 3.63) is 0 Å². The molecule has 0 aromatic rings. The van der Waals surface area contributed by atoms with E-state index in [-0.39, 0.29) is 0 Å². The Balaban J connectivity index is 2.28. The Morgan fingerprint density at radius 2 is 1.10 bits per heavy atom. The second-order valence-electron chi connectivity index (χ2n) is 6.79. The number of nitriles is 1. The van der Waals surface area contributed by atoms with Crippen LogP contribution in [0.3, 0.4) is 0 Å². The van der Waals surface area contributed by atoms with Crippen LogP contribution in [-0.2, 0) is 0 Å². The lowest BCUT2D eigenvalue weighted by molar-refractivity contribution is 0.386. The third kappa shape index (κ3) is 8.62. The maximum Gasteiger partial charge on any atom is 0.0655 e. The molecule has 1 heteroatoms. The van der Waals surface area contributed by atoms with Gasteiger partial charge in [0.05, 0.1) is 6.07 Å². The van der Waals surface area contributed by atoms with Crippen LogP contribution in [0.5, 0.6) is 0 Å². The molecule has 0 radical (unpaired) electrons. The van der Waals surface area contributed by atoms with E-state index in [1.54, 1.807) is 0 Å². The zero-order chi connectivity index (χ0) is 14.5. The van der Waals surface area contributed by atoms with Crippen LogP contribution in [0.2, 0.25) is 0 Å². The summed E-state index contributed by atoms with van der Waals surface area (Å²) in [6.45, 7) is 2.37. The lowest BCUT2D eigenvalue weighted by atomic mass is 9.91. The first kappa shape index (κ1) is 17.5. The van der Waals surface area contributed by atoms with Gasteiger partial charge in [-0.05, 0) is 18.8 Å². The minimum Gasteiger partial charge on any atom is -0.198 e. The molecule has 0 heterocycles. The summed E-state index contributed by atoms with van der Waals surface area (Å²) >= 11 is 0. The Bertz CT molecular complexity index is 235. The summed E-state index contributed by atoms with van der Waals surface area (Å²) in [6, 6.07) is 2.52. The lowest BCUT2D eigenvalue weighted by Gasteiger charge is -2.15. The molecule has 1 rings (SSSR count). The van der Waals surface area contributed by atoms with Gasteiger partial charge in [0, 0.05) is 5.92 Å². The van der Waals surface area contributed by atoms with Crippen molar-refractivity contribution in [2.24, 2.45) is 11.8 Å². The fraction of sp³-hybridized carbons (Fsp3) is 0.947. The predicted molar refractivity (Wildman–Crippen MR) is 87.5 cm³/mol. The van der Waals surface area contributed by atoms with Gasteiger partial charge in [0.2, 0.25) is 0 Å². The molecule has 0 N–H and O–H groups in total. The van der Waals surface area contributed by atoms with E-state index in [1.165, 1.54) is 83.5 Å². The highest BCUT2D eigenvalue weighted by molar-refractivity contribution is 4.82. The molecule has 1 aliphatic carbocycles. The smallest absolute Gasteiger partial charge is 0.0655 e. The zero-order valence-electron chi connectivity index (χ0n) is 13.7. The molecule has 1 nitrogen and oxygen atoms in total. The van der Waals surface area contributed by atoms with Gasteiger partial charge >= 0.3 is 0 Å². The maximum absolute atomic E-state index is 9.18. The average Bonchev–Trinajstić information content (AvgIpc) is 2.47. The summed E-state index contributed by atoms with van der Waals surface area (Å²) in [4.78, 5) is 0. The molecule has 0 unspecified atom stereocenters. The van der Waals surface area contributed by atoms with E-state index in [0.29, 0.717) is 5.92 Å². The highest BCUT2D eigenvalue weighted by Gasteiger charge is 2.09. The first-order valence-electron chi connectivity index (χ1n) is 9.26. The molecule has 116 valence electrons. The van der Waals surface area contributed by atoms with Crippen molar-refractivity contribution in [1.82, 2.24) is 0 Å². The van der Waals surface area contributed by atoms with Gasteiger partial charge < -0.3 is 0 Å². The van der Waals surface area contributed by atoms with E-state index < -0.39 is 0 Å². The van der Waals surface area contributed by atoms with Gasteiger partial charge in [-0.15, -0.1) is 0 Å². The van der Waals surface area contributed by atoms with Crippen LogP contribution in [0.1, 0.15) is 103 Å². The number of rotatable bonds is 1. The van der Waals surface area contributed by atoms with Crippen LogP contribution >= 0.6 is 0 Å². The molecular formula is C19H35N. The van der Waals surface area contributed by atoms with Crippen molar-refractivity contribution in [1.29, 1.82) is 5.26 Å². The van der Waals surface area contributed by atoms with Gasteiger partial charge in [-0.1, -0.05) is 90.4 Å². The van der Waals surface area contributed by atoms with Crippen molar-refractivity contribution in [2.45, 2.75) is 103 Å². The molecule has 0 aromatic carbocycles. The second-order valence-corrected chi connectivity index (χ2v) is 6.79. The maximum atomic E-state index is 9.18. The van der Waals surface area contributed by atoms with Crippen LogP contribution in [0.4, 0.5) is 0 Å². The van der Waals surface area contributed by atoms with Crippen LogP contribution in [-0.4, -0.2) is 0 Å². The summed E-state index contributed by atoms with van der Waals surface area (Å²) in [5.74, 6) is 1.33. The van der Waals surface area contributed by atoms with Gasteiger partial charge in [0.15, 0.2) is 0 Å². The molecule has 0 saturated heterocycles. The topological polar surface area (TPSA) is 23.8 Å². The molecular weight excluding hydrogens is 242 g/mol. The van der Waals surface area contributed by atoms with Gasteiger partial charge in [-0.25, -0.2) is 0 Å². The lowest BCUT2D eigenvalue weighted by Crippen LogP contribution is -2.00. The van der Waals surface area contributed by atoms with Crippen LogP contribution in [0.15, 0.2) is 0 Å². The second kappa shape index (κ2) is 12.2. The predicted octanol–water partition coefficient (Wildman–Crippen LogP) is 6.63. The Kier molecular flexibility index (Phi) is 10.7. The van der Waals surface area contributed by atoms with E-state index in [2.05, 4.69) is 13.0 Å². The number of hydrogen-bond donors (Lipinski definition) is 0. The standard InChI is InChI=1S/C19H35N/c1-2-18-13-9-5-3-7-11-15-19(17-20)16-12-8-4-6-10-14-18/h18-19H,2-16H2,1H3. The molecule has 0 aromatic heterocycles. The zero-order valence-corrected chi connectivity index (χ0v) is 13.7. The summed E-state index contributed by atoms with van der Waals surface area (Å²) < 4.78 is 0. The molecule has 0 aliphatic heterocycles. The minimum atomic E-state index is 0.340. The van der Waals surface area contributed by atoms with E-state index in [4.69, 9.17) is 0 Å². The van der Waals surface area contributed by atoms with E-state index in [0.717, 1.165) is 18.8 Å². The Labute approximate surface area is 127 Å². The normalized spacial score (nSPS) is 28.6. The van der Waals surface area contributed by atoms with Crippen LogP contribution in [0, 0.1) is 23.2 Å². The summed E-state index contributed by atoms with van der Waals surface area (Å²) in [5.41, 5.74) is 0. The van der Waals surface area contributed by atoms with E-state index in [1.807, 2.05) is 0 Å². The molecule has 20 heavy (non-hydrogen) atoms. The molecule has 1 aliphatic rings. The van der Waals surface area contributed by atoms with Crippen molar-refractivity contribution in [3.63, 3.8) is 0 Å². The van der Waals surface area contributed by atoms with Crippen molar-refractivity contribution in [3.8, 4) is 6.07 Å². The largest absolute Gasteiger partial charge is 0.198 e. The number of nitrogens with zero attached hydrogens (tertiary/aromatic N) is 1. The van der Waals surface area contributed by atoms with Crippen LogP contribution < -0.4 is 0 Å². The average molecular weight is 277 g/mol. The fourth-order valence-electron chi connectivity index (χ4n) is 3.53. The molecule has 0 atom stereocenters. The third-order valence-electron chi connectivity index (χ3n) is 5.09. The molecule has 0 bridgehead atoms. The molecule has 0 amide bonds. The first-order valence-corrected chi connectivity index (χ1v) is 9.26. The van der Waals surface area contributed by atoms with Gasteiger partial charge in [0.1, 0.15) is 0 Å². The van der Waals surface area contributed by atoms with E-state index >= 15 is 0 Å². The summed E-state index contributed by atoms with van der Waals surface area (Å²) in [6.07, 6.45) is 20.3. The van der Waals surface area contributed by atoms with Gasteiger partial charge in [0.25, 0.3) is 0 Å². The highest BCUT2D eigenvalue weighted by Crippen LogP contribution is 2.23. The Morgan fingerprint density at radius 3 is 1.50 bits per heavy atom. The molecule has 1 fully saturated rings. The SMILES string of the molecule is CCC1CCCCCCCC(C#N)CCCCCCC1. The third-order valence-corrected chi connectivity index (χ3v) is 5.09. The van der Waals surface area contributed by atoms with Crippen molar-refractivity contribution < 1.29 is 0 Å². The fourth-order valence-corrected chi connectivity index (χ4v) is 3.53. The first-order chi connectivity index (χ1) is 9.86. The van der Waals surface area contributed by atoms with Gasteiger partial charge in [-0.2, -0.15) is 5.26 Å². The molecule has 1 saturated carbocycles. The quantitative estimate of drug-likeness (QED) is 0.528. The van der Waals surface area contributed by atoms with Crippen molar-refractivity contribution in [2.75, 3.05) is 0 Å². The summed E-state index contributed by atoms with van der Waals surface area (Å²) in [5, 5.41) is 9.18. The van der Waals surface area contributed by atoms with E-state index in [9.17, 15) is 5.26 Å². The van der Waals surface area contributed by atoms with Gasteiger partial charge in [-0.3, -0.25) is 0 Å². The summed E-state index contributed by atoms with van der Waals surface area (Å²) in [7, 11) is 0. The van der Waals surface area contributed by atoms with Crippen molar-refractivity contribution >= 4 is 0 Å². The molecule has 0 spiro atoms. The number of hydrogen-bond acceptors (Lipinski definition) is 1. The minimum absolute atomic E-state index is 0.340. The Hall–Kier alpha value is -0.510. The van der Waals surface area contributed by atoms with Crippen LogP contribution in [0.25, 0.3) is 0 Å². The highest BCUT2D eigenvalue weighted by atomic mass is 14.3.